The molecule has 1 N–H and O–H groups in total. The van der Waals surface area contributed by atoms with Crippen molar-refractivity contribution in [3.63, 3.8) is 0 Å². The predicted octanol–water partition coefficient (Wildman–Crippen LogP) is 2.79. The van der Waals surface area contributed by atoms with E-state index in [9.17, 15) is 4.79 Å². The lowest BCUT2D eigenvalue weighted by Gasteiger charge is -2.10. The van der Waals surface area contributed by atoms with Gasteiger partial charge in [-0.05, 0) is 40.2 Å². The quantitative estimate of drug-likeness (QED) is 0.900. The SMILES string of the molecule is COc1ccc(Br)c(C(=O)NCc2cccnc2OC)c1. The number of amides is 1. The molecule has 2 aromatic rings. The Morgan fingerprint density at radius 3 is 2.81 bits per heavy atom. The van der Waals surface area contributed by atoms with Crippen LogP contribution in [0.1, 0.15) is 15.9 Å². The van der Waals surface area contributed by atoms with E-state index in [4.69, 9.17) is 9.47 Å². The smallest absolute Gasteiger partial charge is 0.252 e. The minimum Gasteiger partial charge on any atom is -0.497 e. The number of nitrogens with one attached hydrogen (secondary N) is 1. The highest BCUT2D eigenvalue weighted by Crippen LogP contribution is 2.22. The normalized spacial score (nSPS) is 10.0. The molecule has 0 aliphatic rings. The standard InChI is InChI=1S/C15H15BrN2O3/c1-20-11-5-6-13(16)12(8-11)14(19)18-9-10-4-3-7-17-15(10)21-2/h3-8H,9H2,1-2H3,(H,18,19). The number of benzene rings is 1. The number of nitrogens with zero attached hydrogens (tertiary/aromatic N) is 1. The third kappa shape index (κ3) is 3.72. The Morgan fingerprint density at radius 2 is 2.10 bits per heavy atom. The number of pyridine rings is 1. The molecule has 0 aliphatic heterocycles. The van der Waals surface area contributed by atoms with Gasteiger partial charge in [-0.2, -0.15) is 0 Å². The van der Waals surface area contributed by atoms with Gasteiger partial charge >= 0.3 is 0 Å². The van der Waals surface area contributed by atoms with Gasteiger partial charge in [0.15, 0.2) is 0 Å². The van der Waals surface area contributed by atoms with Crippen LogP contribution in [-0.4, -0.2) is 25.1 Å². The summed E-state index contributed by atoms with van der Waals surface area (Å²) in [5, 5.41) is 2.84. The van der Waals surface area contributed by atoms with Gasteiger partial charge in [-0.1, -0.05) is 6.07 Å². The Morgan fingerprint density at radius 1 is 1.29 bits per heavy atom. The van der Waals surface area contributed by atoms with Crippen LogP contribution in [0.2, 0.25) is 0 Å². The topological polar surface area (TPSA) is 60.5 Å². The summed E-state index contributed by atoms with van der Waals surface area (Å²) in [4.78, 5) is 16.3. The average molecular weight is 351 g/mol. The summed E-state index contributed by atoms with van der Waals surface area (Å²) in [6.45, 7) is 0.333. The Labute approximate surface area is 131 Å². The molecule has 0 saturated heterocycles. The van der Waals surface area contributed by atoms with Crippen molar-refractivity contribution in [3.8, 4) is 11.6 Å². The van der Waals surface area contributed by atoms with Crippen LogP contribution in [0, 0.1) is 0 Å². The molecule has 0 spiro atoms. The third-order valence-electron chi connectivity index (χ3n) is 2.90. The maximum atomic E-state index is 12.2. The monoisotopic (exact) mass is 350 g/mol. The summed E-state index contributed by atoms with van der Waals surface area (Å²) in [5.41, 5.74) is 1.32. The van der Waals surface area contributed by atoms with E-state index in [2.05, 4.69) is 26.2 Å². The number of aromatic nitrogens is 1. The van der Waals surface area contributed by atoms with Crippen LogP contribution in [0.15, 0.2) is 41.0 Å². The number of hydrogen-bond acceptors (Lipinski definition) is 4. The van der Waals surface area contributed by atoms with E-state index in [1.165, 1.54) is 0 Å². The van der Waals surface area contributed by atoms with Gasteiger partial charge in [0.05, 0.1) is 19.8 Å². The molecule has 0 unspecified atom stereocenters. The van der Waals surface area contributed by atoms with Gasteiger partial charge < -0.3 is 14.8 Å². The lowest BCUT2D eigenvalue weighted by Crippen LogP contribution is -2.23. The zero-order valence-corrected chi connectivity index (χ0v) is 13.3. The van der Waals surface area contributed by atoms with Crippen molar-refractivity contribution in [2.24, 2.45) is 0 Å². The molecular weight excluding hydrogens is 336 g/mol. The predicted molar refractivity (Wildman–Crippen MR) is 82.7 cm³/mol. The van der Waals surface area contributed by atoms with Crippen molar-refractivity contribution in [1.29, 1.82) is 0 Å². The highest BCUT2D eigenvalue weighted by molar-refractivity contribution is 9.10. The molecule has 1 aromatic heterocycles. The summed E-state index contributed by atoms with van der Waals surface area (Å²) in [5.74, 6) is 0.927. The molecule has 0 atom stereocenters. The summed E-state index contributed by atoms with van der Waals surface area (Å²) in [6.07, 6.45) is 1.64. The first-order valence-electron chi connectivity index (χ1n) is 6.25. The van der Waals surface area contributed by atoms with E-state index < -0.39 is 0 Å². The summed E-state index contributed by atoms with van der Waals surface area (Å²) >= 11 is 3.36. The van der Waals surface area contributed by atoms with Crippen molar-refractivity contribution < 1.29 is 14.3 Å². The average Bonchev–Trinajstić information content (AvgIpc) is 2.53. The van der Waals surface area contributed by atoms with Crippen LogP contribution in [-0.2, 0) is 6.54 Å². The molecule has 2 rings (SSSR count). The van der Waals surface area contributed by atoms with E-state index in [0.717, 1.165) is 5.56 Å². The highest BCUT2D eigenvalue weighted by atomic mass is 79.9. The van der Waals surface area contributed by atoms with Crippen LogP contribution in [0.3, 0.4) is 0 Å². The first-order valence-corrected chi connectivity index (χ1v) is 7.04. The first-order chi connectivity index (χ1) is 10.2. The second-order valence-electron chi connectivity index (χ2n) is 4.20. The Kier molecular flexibility index (Phi) is 5.16. The second-order valence-corrected chi connectivity index (χ2v) is 5.05. The van der Waals surface area contributed by atoms with Gasteiger partial charge in [-0.15, -0.1) is 0 Å². The maximum absolute atomic E-state index is 12.2. The Bertz CT molecular complexity index is 647. The van der Waals surface area contributed by atoms with Crippen LogP contribution in [0.25, 0.3) is 0 Å². The van der Waals surface area contributed by atoms with Gasteiger partial charge in [0.2, 0.25) is 5.88 Å². The van der Waals surface area contributed by atoms with E-state index in [0.29, 0.717) is 28.2 Å². The van der Waals surface area contributed by atoms with E-state index in [1.54, 1.807) is 44.7 Å². The largest absolute Gasteiger partial charge is 0.497 e. The number of carbonyl (C=O) groups is 1. The third-order valence-corrected chi connectivity index (χ3v) is 3.59. The fourth-order valence-electron chi connectivity index (χ4n) is 1.82. The number of rotatable bonds is 5. The van der Waals surface area contributed by atoms with Gasteiger partial charge in [0.1, 0.15) is 5.75 Å². The van der Waals surface area contributed by atoms with E-state index in [-0.39, 0.29) is 5.91 Å². The van der Waals surface area contributed by atoms with Crippen LogP contribution < -0.4 is 14.8 Å². The highest BCUT2D eigenvalue weighted by Gasteiger charge is 2.12. The summed E-state index contributed by atoms with van der Waals surface area (Å²) in [6, 6.07) is 8.89. The molecule has 6 heteroatoms. The zero-order valence-electron chi connectivity index (χ0n) is 11.7. The van der Waals surface area contributed by atoms with Crippen molar-refractivity contribution in [1.82, 2.24) is 10.3 Å². The number of methoxy groups -OCH3 is 2. The molecule has 1 amide bonds. The molecule has 0 fully saturated rings. The minimum atomic E-state index is -0.202. The van der Waals surface area contributed by atoms with Crippen molar-refractivity contribution in [2.75, 3.05) is 14.2 Å². The van der Waals surface area contributed by atoms with Crippen molar-refractivity contribution >= 4 is 21.8 Å². The maximum Gasteiger partial charge on any atom is 0.252 e. The Balaban J connectivity index is 2.11. The summed E-state index contributed by atoms with van der Waals surface area (Å²) < 4.78 is 11.0. The molecule has 110 valence electrons. The molecule has 5 nitrogen and oxygen atoms in total. The fourth-order valence-corrected chi connectivity index (χ4v) is 2.25. The molecule has 21 heavy (non-hydrogen) atoms. The van der Waals surface area contributed by atoms with Crippen LogP contribution >= 0.6 is 15.9 Å². The number of halogens is 1. The van der Waals surface area contributed by atoms with Gasteiger partial charge in [0.25, 0.3) is 5.91 Å². The lowest BCUT2D eigenvalue weighted by atomic mass is 10.2. The van der Waals surface area contributed by atoms with Gasteiger partial charge in [-0.3, -0.25) is 4.79 Å². The molecule has 0 saturated carbocycles. The number of carbonyl (C=O) groups excluding carboxylic acids is 1. The minimum absolute atomic E-state index is 0.202. The number of ether oxygens (including phenoxy) is 2. The molecule has 0 bridgehead atoms. The lowest BCUT2D eigenvalue weighted by molar-refractivity contribution is 0.0949. The van der Waals surface area contributed by atoms with Crippen LogP contribution in [0.4, 0.5) is 0 Å². The summed E-state index contributed by atoms with van der Waals surface area (Å²) in [7, 11) is 3.11. The molecule has 1 heterocycles. The molecule has 0 aliphatic carbocycles. The van der Waals surface area contributed by atoms with E-state index in [1.807, 2.05) is 6.07 Å². The fraction of sp³-hybridized carbons (Fsp3) is 0.200. The zero-order chi connectivity index (χ0) is 15.2. The Hall–Kier alpha value is -2.08. The van der Waals surface area contributed by atoms with Gasteiger partial charge in [-0.25, -0.2) is 4.98 Å². The molecule has 0 radical (unpaired) electrons. The van der Waals surface area contributed by atoms with E-state index >= 15 is 0 Å². The molecular formula is C15H15BrN2O3. The van der Waals surface area contributed by atoms with Gasteiger partial charge in [0, 0.05) is 22.8 Å². The molecule has 1 aromatic carbocycles. The second kappa shape index (κ2) is 7.08. The number of hydrogen-bond donors (Lipinski definition) is 1. The first kappa shape index (κ1) is 15.3. The van der Waals surface area contributed by atoms with Crippen molar-refractivity contribution in [3.05, 3.63) is 52.1 Å². The van der Waals surface area contributed by atoms with Crippen LogP contribution in [0.5, 0.6) is 11.6 Å². The van der Waals surface area contributed by atoms with Crippen molar-refractivity contribution in [2.45, 2.75) is 6.54 Å².